The maximum absolute atomic E-state index is 11.9. The summed E-state index contributed by atoms with van der Waals surface area (Å²) in [5.74, 6) is 1.26. The van der Waals surface area contributed by atoms with E-state index in [-0.39, 0.29) is 11.4 Å². The zero-order valence-corrected chi connectivity index (χ0v) is 12.2. The number of carbonyl (C=O) groups excluding carboxylic acids is 1. The molecule has 0 aromatic heterocycles. The standard InChI is InChI=1S/C13H23N3OS/c1-3-13(2)6-9-18-12(15-13)14-10-11(17)16-7-4-5-8-16/h3-10H2,1-2H3,(H,14,15). The van der Waals surface area contributed by atoms with Crippen molar-refractivity contribution < 1.29 is 4.79 Å². The summed E-state index contributed by atoms with van der Waals surface area (Å²) < 4.78 is 0. The second kappa shape index (κ2) is 5.95. The third-order valence-electron chi connectivity index (χ3n) is 3.90. The molecule has 0 radical (unpaired) electrons. The Balaban J connectivity index is 1.86. The lowest BCUT2D eigenvalue weighted by Crippen LogP contribution is -2.48. The van der Waals surface area contributed by atoms with Crippen LogP contribution < -0.4 is 5.32 Å². The Morgan fingerprint density at radius 1 is 1.50 bits per heavy atom. The van der Waals surface area contributed by atoms with Crippen molar-refractivity contribution in [1.29, 1.82) is 0 Å². The van der Waals surface area contributed by atoms with Crippen LogP contribution in [0, 0.1) is 0 Å². The van der Waals surface area contributed by atoms with Crippen molar-refractivity contribution in [2.45, 2.75) is 45.1 Å². The summed E-state index contributed by atoms with van der Waals surface area (Å²) >= 11 is 1.73. The smallest absolute Gasteiger partial charge is 0.244 e. The van der Waals surface area contributed by atoms with Crippen molar-refractivity contribution in [3.63, 3.8) is 0 Å². The molecule has 0 aromatic rings. The van der Waals surface area contributed by atoms with Gasteiger partial charge in [-0.05, 0) is 32.6 Å². The van der Waals surface area contributed by atoms with Crippen molar-refractivity contribution in [3.05, 3.63) is 0 Å². The molecule has 2 heterocycles. The molecule has 2 aliphatic rings. The van der Waals surface area contributed by atoms with Gasteiger partial charge in [-0.15, -0.1) is 0 Å². The fourth-order valence-electron chi connectivity index (χ4n) is 2.29. The highest BCUT2D eigenvalue weighted by molar-refractivity contribution is 8.13. The minimum atomic E-state index is 0.154. The van der Waals surface area contributed by atoms with E-state index < -0.39 is 0 Å². The molecule has 2 rings (SSSR count). The largest absolute Gasteiger partial charge is 0.360 e. The van der Waals surface area contributed by atoms with Crippen LogP contribution in [0.5, 0.6) is 0 Å². The third kappa shape index (κ3) is 3.40. The predicted octanol–water partition coefficient (Wildman–Crippen LogP) is 1.86. The van der Waals surface area contributed by atoms with Crippen LogP contribution in [0.15, 0.2) is 4.99 Å². The average Bonchev–Trinajstić information content (AvgIpc) is 2.90. The van der Waals surface area contributed by atoms with Gasteiger partial charge >= 0.3 is 0 Å². The Hall–Kier alpha value is -0.710. The summed E-state index contributed by atoms with van der Waals surface area (Å²) in [7, 11) is 0. The molecular weight excluding hydrogens is 246 g/mol. The van der Waals surface area contributed by atoms with Crippen molar-refractivity contribution >= 4 is 22.8 Å². The van der Waals surface area contributed by atoms with E-state index in [2.05, 4.69) is 24.2 Å². The molecule has 1 amide bonds. The summed E-state index contributed by atoms with van der Waals surface area (Å²) in [4.78, 5) is 18.3. The zero-order valence-electron chi connectivity index (χ0n) is 11.4. The summed E-state index contributed by atoms with van der Waals surface area (Å²) in [5, 5.41) is 4.41. The van der Waals surface area contributed by atoms with Crippen LogP contribution in [0.3, 0.4) is 0 Å². The van der Waals surface area contributed by atoms with E-state index in [4.69, 9.17) is 0 Å². The Labute approximate surface area is 114 Å². The molecule has 1 atom stereocenters. The van der Waals surface area contributed by atoms with Gasteiger partial charge in [0.2, 0.25) is 5.91 Å². The third-order valence-corrected chi connectivity index (χ3v) is 4.81. The second-order valence-electron chi connectivity index (χ2n) is 5.35. The fraction of sp³-hybridized carbons (Fsp3) is 0.846. The topological polar surface area (TPSA) is 44.7 Å². The van der Waals surface area contributed by atoms with Gasteiger partial charge in [-0.3, -0.25) is 9.79 Å². The molecule has 1 N–H and O–H groups in total. The van der Waals surface area contributed by atoms with E-state index in [1.54, 1.807) is 11.8 Å². The lowest BCUT2D eigenvalue weighted by atomic mass is 9.96. The molecule has 5 heteroatoms. The van der Waals surface area contributed by atoms with Crippen LogP contribution >= 0.6 is 11.8 Å². The molecule has 18 heavy (non-hydrogen) atoms. The number of rotatable bonds is 3. The number of thioether (sulfide) groups is 1. The maximum atomic E-state index is 11.9. The maximum Gasteiger partial charge on any atom is 0.244 e. The minimum absolute atomic E-state index is 0.154. The van der Waals surface area contributed by atoms with Crippen molar-refractivity contribution in [3.8, 4) is 0 Å². The second-order valence-corrected chi connectivity index (χ2v) is 6.43. The van der Waals surface area contributed by atoms with Gasteiger partial charge in [-0.2, -0.15) is 0 Å². The van der Waals surface area contributed by atoms with Gasteiger partial charge in [0.15, 0.2) is 5.17 Å². The van der Waals surface area contributed by atoms with Gasteiger partial charge in [0.25, 0.3) is 0 Å². The predicted molar refractivity (Wildman–Crippen MR) is 77.0 cm³/mol. The lowest BCUT2D eigenvalue weighted by molar-refractivity contribution is -0.128. The highest BCUT2D eigenvalue weighted by atomic mass is 32.2. The Morgan fingerprint density at radius 2 is 2.22 bits per heavy atom. The Bertz CT molecular complexity index is 339. The van der Waals surface area contributed by atoms with Crippen LogP contribution in [-0.4, -0.2) is 46.9 Å². The minimum Gasteiger partial charge on any atom is -0.360 e. The zero-order chi connectivity index (χ0) is 13.0. The molecule has 2 saturated heterocycles. The molecular formula is C13H23N3OS. The van der Waals surface area contributed by atoms with Crippen molar-refractivity contribution in [1.82, 2.24) is 10.2 Å². The van der Waals surface area contributed by atoms with E-state index in [1.165, 1.54) is 0 Å². The summed E-state index contributed by atoms with van der Waals surface area (Å²) in [6.45, 7) is 6.55. The van der Waals surface area contributed by atoms with E-state index in [0.717, 1.165) is 49.7 Å². The number of hydrogen-bond donors (Lipinski definition) is 1. The first-order chi connectivity index (χ1) is 8.63. The number of amidine groups is 1. The van der Waals surface area contributed by atoms with Gasteiger partial charge in [0.1, 0.15) is 6.54 Å². The number of carbonyl (C=O) groups is 1. The summed E-state index contributed by atoms with van der Waals surface area (Å²) in [6.07, 6.45) is 4.53. The SMILES string of the molecule is CCC1(C)CCSC(=NCC(=O)N2CCCC2)N1. The van der Waals surface area contributed by atoms with Crippen LogP contribution in [0.25, 0.3) is 0 Å². The number of nitrogens with zero attached hydrogens (tertiary/aromatic N) is 2. The van der Waals surface area contributed by atoms with E-state index in [0.29, 0.717) is 6.54 Å². The quantitative estimate of drug-likeness (QED) is 0.850. The summed E-state index contributed by atoms with van der Waals surface area (Å²) in [6, 6.07) is 0. The number of aliphatic imine (C=N–C) groups is 1. The van der Waals surface area contributed by atoms with Crippen molar-refractivity contribution in [2.75, 3.05) is 25.4 Å². The average molecular weight is 269 g/mol. The fourth-order valence-corrected chi connectivity index (χ4v) is 3.51. The van der Waals surface area contributed by atoms with Crippen LogP contribution in [0.2, 0.25) is 0 Å². The molecule has 0 spiro atoms. The van der Waals surface area contributed by atoms with Crippen LogP contribution in [0.1, 0.15) is 39.5 Å². The van der Waals surface area contributed by atoms with E-state index in [9.17, 15) is 4.79 Å². The first-order valence-corrected chi connectivity index (χ1v) is 7.85. The number of nitrogens with one attached hydrogen (secondary N) is 1. The van der Waals surface area contributed by atoms with Crippen LogP contribution in [-0.2, 0) is 4.79 Å². The number of hydrogen-bond acceptors (Lipinski definition) is 3. The molecule has 0 aromatic carbocycles. The normalized spacial score (nSPS) is 30.6. The molecule has 2 fully saturated rings. The van der Waals surface area contributed by atoms with Gasteiger partial charge in [0, 0.05) is 24.4 Å². The monoisotopic (exact) mass is 269 g/mol. The first kappa shape index (κ1) is 13.7. The number of amides is 1. The molecule has 2 aliphatic heterocycles. The molecule has 1 unspecified atom stereocenters. The van der Waals surface area contributed by atoms with Gasteiger partial charge in [-0.1, -0.05) is 18.7 Å². The Morgan fingerprint density at radius 3 is 2.89 bits per heavy atom. The van der Waals surface area contributed by atoms with Gasteiger partial charge < -0.3 is 10.2 Å². The molecule has 0 saturated carbocycles. The van der Waals surface area contributed by atoms with E-state index >= 15 is 0 Å². The first-order valence-electron chi connectivity index (χ1n) is 6.86. The number of likely N-dealkylation sites (tertiary alicyclic amines) is 1. The summed E-state index contributed by atoms with van der Waals surface area (Å²) in [5.41, 5.74) is 0.154. The highest BCUT2D eigenvalue weighted by Crippen LogP contribution is 2.24. The highest BCUT2D eigenvalue weighted by Gasteiger charge is 2.27. The van der Waals surface area contributed by atoms with Crippen molar-refractivity contribution in [2.24, 2.45) is 4.99 Å². The van der Waals surface area contributed by atoms with Gasteiger partial charge in [-0.25, -0.2) is 0 Å². The van der Waals surface area contributed by atoms with Gasteiger partial charge in [0.05, 0.1) is 0 Å². The lowest BCUT2D eigenvalue weighted by Gasteiger charge is -2.35. The molecule has 4 nitrogen and oxygen atoms in total. The molecule has 102 valence electrons. The molecule has 0 aliphatic carbocycles. The van der Waals surface area contributed by atoms with E-state index in [1.807, 2.05) is 4.90 Å². The molecule has 0 bridgehead atoms. The Kier molecular flexibility index (Phi) is 4.54. The van der Waals surface area contributed by atoms with Crippen LogP contribution in [0.4, 0.5) is 0 Å².